The lowest BCUT2D eigenvalue weighted by molar-refractivity contribution is 0.467. The van der Waals surface area contributed by atoms with Crippen LogP contribution in [0.15, 0.2) is 18.2 Å². The quantitative estimate of drug-likeness (QED) is 0.855. The minimum atomic E-state index is -0.219. The summed E-state index contributed by atoms with van der Waals surface area (Å²) in [4.78, 5) is 0. The summed E-state index contributed by atoms with van der Waals surface area (Å²) >= 11 is 5.82. The van der Waals surface area contributed by atoms with Crippen molar-refractivity contribution in [1.29, 1.82) is 0 Å². The Labute approximate surface area is 100.0 Å². The van der Waals surface area contributed by atoms with Crippen LogP contribution >= 0.6 is 11.6 Å². The number of halogens is 2. The van der Waals surface area contributed by atoms with E-state index in [1.807, 2.05) is 0 Å². The molecular formula is C12H16ClFN2. The fourth-order valence-electron chi connectivity index (χ4n) is 2.16. The maximum Gasteiger partial charge on any atom is 0.127 e. The van der Waals surface area contributed by atoms with Crippen molar-refractivity contribution in [1.82, 2.24) is 5.32 Å². The fourth-order valence-corrected chi connectivity index (χ4v) is 2.36. The van der Waals surface area contributed by atoms with Crippen LogP contribution in [0.25, 0.3) is 0 Å². The Balaban J connectivity index is 1.96. The van der Waals surface area contributed by atoms with Gasteiger partial charge < -0.3 is 11.1 Å². The lowest BCUT2D eigenvalue weighted by Crippen LogP contribution is -2.40. The van der Waals surface area contributed by atoms with Crippen LogP contribution in [0.1, 0.15) is 24.8 Å². The van der Waals surface area contributed by atoms with Crippen LogP contribution in [0.5, 0.6) is 0 Å². The van der Waals surface area contributed by atoms with Crippen LogP contribution in [0.4, 0.5) is 4.39 Å². The second-order valence-electron chi connectivity index (χ2n) is 4.32. The first-order chi connectivity index (χ1) is 7.66. The number of benzene rings is 1. The van der Waals surface area contributed by atoms with Gasteiger partial charge in [-0.2, -0.15) is 0 Å². The monoisotopic (exact) mass is 242 g/mol. The van der Waals surface area contributed by atoms with Gasteiger partial charge in [0.05, 0.1) is 0 Å². The third-order valence-corrected chi connectivity index (χ3v) is 3.37. The summed E-state index contributed by atoms with van der Waals surface area (Å²) in [6, 6.07) is 5.11. The van der Waals surface area contributed by atoms with Crippen molar-refractivity contribution in [2.24, 2.45) is 5.73 Å². The second kappa shape index (κ2) is 5.13. The maximum absolute atomic E-state index is 13.4. The Morgan fingerprint density at radius 1 is 1.44 bits per heavy atom. The summed E-state index contributed by atoms with van der Waals surface area (Å²) < 4.78 is 13.4. The van der Waals surface area contributed by atoms with E-state index in [1.165, 1.54) is 6.07 Å². The molecule has 0 amide bonds. The predicted octanol–water partition coefficient (Wildman–Crippen LogP) is 2.45. The predicted molar refractivity (Wildman–Crippen MR) is 63.9 cm³/mol. The molecule has 0 radical (unpaired) electrons. The zero-order valence-electron chi connectivity index (χ0n) is 9.05. The first kappa shape index (κ1) is 11.8. The number of nitrogens with two attached hydrogens (primary N) is 1. The van der Waals surface area contributed by atoms with Gasteiger partial charge in [0, 0.05) is 29.2 Å². The van der Waals surface area contributed by atoms with Gasteiger partial charge in [0.1, 0.15) is 5.82 Å². The molecule has 2 atom stereocenters. The van der Waals surface area contributed by atoms with Crippen LogP contribution in [0, 0.1) is 5.82 Å². The van der Waals surface area contributed by atoms with Crippen LogP contribution in [0.3, 0.4) is 0 Å². The Bertz CT molecular complexity index is 370. The average Bonchev–Trinajstić information content (AvgIpc) is 2.66. The Morgan fingerprint density at radius 2 is 2.25 bits per heavy atom. The SMILES string of the molecule is NC1CCCC1NCc1cc(Cl)ccc1F. The first-order valence-corrected chi connectivity index (χ1v) is 5.97. The van der Waals surface area contributed by atoms with Crippen LogP contribution < -0.4 is 11.1 Å². The highest BCUT2D eigenvalue weighted by Gasteiger charge is 2.23. The highest BCUT2D eigenvalue weighted by atomic mass is 35.5. The smallest absolute Gasteiger partial charge is 0.127 e. The van der Waals surface area contributed by atoms with Crippen molar-refractivity contribution < 1.29 is 4.39 Å². The summed E-state index contributed by atoms with van der Waals surface area (Å²) in [6.07, 6.45) is 3.27. The standard InChI is InChI=1S/C12H16ClFN2/c13-9-4-5-10(14)8(6-9)7-16-12-3-1-2-11(12)15/h4-6,11-12,16H,1-3,7,15H2. The molecule has 0 bridgehead atoms. The van der Waals surface area contributed by atoms with Crippen molar-refractivity contribution in [3.05, 3.63) is 34.6 Å². The van der Waals surface area contributed by atoms with Gasteiger partial charge in [-0.1, -0.05) is 18.0 Å². The van der Waals surface area contributed by atoms with Gasteiger partial charge in [-0.15, -0.1) is 0 Å². The van der Waals surface area contributed by atoms with Gasteiger partial charge in [0.15, 0.2) is 0 Å². The first-order valence-electron chi connectivity index (χ1n) is 5.59. The summed E-state index contributed by atoms with van der Waals surface area (Å²) in [5.74, 6) is -0.219. The largest absolute Gasteiger partial charge is 0.326 e. The van der Waals surface area contributed by atoms with Crippen molar-refractivity contribution in [2.75, 3.05) is 0 Å². The van der Waals surface area contributed by atoms with Gasteiger partial charge in [-0.3, -0.25) is 0 Å². The molecule has 1 fully saturated rings. The molecule has 1 aliphatic rings. The molecule has 0 saturated heterocycles. The summed E-state index contributed by atoms with van der Waals surface area (Å²) in [5.41, 5.74) is 6.53. The highest BCUT2D eigenvalue weighted by Crippen LogP contribution is 2.19. The van der Waals surface area contributed by atoms with E-state index in [9.17, 15) is 4.39 Å². The van der Waals surface area contributed by atoms with Crippen molar-refractivity contribution in [3.8, 4) is 0 Å². The van der Waals surface area contributed by atoms with E-state index < -0.39 is 0 Å². The average molecular weight is 243 g/mol. The molecule has 3 N–H and O–H groups in total. The van der Waals surface area contributed by atoms with E-state index in [0.717, 1.165) is 19.3 Å². The molecule has 0 aromatic heterocycles. The fraction of sp³-hybridized carbons (Fsp3) is 0.500. The molecule has 16 heavy (non-hydrogen) atoms. The molecule has 1 saturated carbocycles. The number of hydrogen-bond acceptors (Lipinski definition) is 2. The topological polar surface area (TPSA) is 38.0 Å². The van der Waals surface area contributed by atoms with Gasteiger partial charge in [-0.05, 0) is 31.0 Å². The molecular weight excluding hydrogens is 227 g/mol. The molecule has 4 heteroatoms. The van der Waals surface area contributed by atoms with E-state index in [0.29, 0.717) is 23.2 Å². The molecule has 88 valence electrons. The third-order valence-electron chi connectivity index (χ3n) is 3.13. The van der Waals surface area contributed by atoms with E-state index >= 15 is 0 Å². The highest BCUT2D eigenvalue weighted by molar-refractivity contribution is 6.30. The van der Waals surface area contributed by atoms with Crippen LogP contribution in [0.2, 0.25) is 5.02 Å². The number of rotatable bonds is 3. The second-order valence-corrected chi connectivity index (χ2v) is 4.75. The molecule has 2 rings (SSSR count). The molecule has 1 aromatic carbocycles. The molecule has 0 heterocycles. The van der Waals surface area contributed by atoms with E-state index in [2.05, 4.69) is 5.32 Å². The van der Waals surface area contributed by atoms with Gasteiger partial charge in [0.25, 0.3) is 0 Å². The Kier molecular flexibility index (Phi) is 3.79. The van der Waals surface area contributed by atoms with Crippen molar-refractivity contribution in [3.63, 3.8) is 0 Å². The molecule has 1 aromatic rings. The zero-order valence-corrected chi connectivity index (χ0v) is 9.80. The molecule has 1 aliphatic carbocycles. The number of nitrogens with one attached hydrogen (secondary N) is 1. The van der Waals surface area contributed by atoms with E-state index in [1.54, 1.807) is 12.1 Å². The summed E-state index contributed by atoms with van der Waals surface area (Å²) in [7, 11) is 0. The minimum absolute atomic E-state index is 0.197. The normalized spacial score (nSPS) is 24.9. The minimum Gasteiger partial charge on any atom is -0.326 e. The van der Waals surface area contributed by atoms with Gasteiger partial charge in [0.2, 0.25) is 0 Å². The van der Waals surface area contributed by atoms with E-state index in [4.69, 9.17) is 17.3 Å². The van der Waals surface area contributed by atoms with E-state index in [-0.39, 0.29) is 11.9 Å². The molecule has 0 spiro atoms. The van der Waals surface area contributed by atoms with Gasteiger partial charge in [-0.25, -0.2) is 4.39 Å². The third kappa shape index (κ3) is 2.73. The lowest BCUT2D eigenvalue weighted by Gasteiger charge is -2.17. The Morgan fingerprint density at radius 3 is 2.94 bits per heavy atom. The lowest BCUT2D eigenvalue weighted by atomic mass is 10.1. The van der Waals surface area contributed by atoms with Gasteiger partial charge >= 0.3 is 0 Å². The van der Waals surface area contributed by atoms with Crippen LogP contribution in [-0.4, -0.2) is 12.1 Å². The zero-order chi connectivity index (χ0) is 11.5. The molecule has 0 aliphatic heterocycles. The summed E-state index contributed by atoms with van der Waals surface area (Å²) in [5, 5.41) is 3.86. The van der Waals surface area contributed by atoms with Crippen LogP contribution in [-0.2, 0) is 6.54 Å². The van der Waals surface area contributed by atoms with Crippen molar-refractivity contribution in [2.45, 2.75) is 37.9 Å². The molecule has 2 unspecified atom stereocenters. The Hall–Kier alpha value is -0.640. The van der Waals surface area contributed by atoms with Crippen molar-refractivity contribution >= 4 is 11.6 Å². The number of hydrogen-bond donors (Lipinski definition) is 2. The molecule has 2 nitrogen and oxygen atoms in total. The maximum atomic E-state index is 13.4. The summed E-state index contributed by atoms with van der Waals surface area (Å²) in [6.45, 7) is 0.491.